The van der Waals surface area contributed by atoms with Crippen molar-refractivity contribution in [2.24, 2.45) is 4.99 Å². The van der Waals surface area contributed by atoms with Crippen molar-refractivity contribution in [3.63, 3.8) is 0 Å². The second-order valence-corrected chi connectivity index (χ2v) is 7.33. The van der Waals surface area contributed by atoms with Crippen LogP contribution in [0.5, 0.6) is 0 Å². The van der Waals surface area contributed by atoms with Gasteiger partial charge in [-0.1, -0.05) is 42.5 Å². The largest absolute Gasteiger partial charge is 0.312 e. The number of hydrogen-bond acceptors (Lipinski definition) is 4. The molecule has 150 valence electrons. The highest BCUT2D eigenvalue weighted by Crippen LogP contribution is 2.26. The number of nitro benzene ring substituents is 1. The van der Waals surface area contributed by atoms with Gasteiger partial charge in [0.1, 0.15) is 11.5 Å². The van der Waals surface area contributed by atoms with Crippen LogP contribution in [0.1, 0.15) is 5.56 Å². The summed E-state index contributed by atoms with van der Waals surface area (Å²) in [6.45, 7) is 0.435. The fourth-order valence-electron chi connectivity index (χ4n) is 3.02. The van der Waals surface area contributed by atoms with Gasteiger partial charge in [-0.05, 0) is 17.7 Å². The molecule has 0 aliphatic rings. The lowest BCUT2D eigenvalue weighted by Crippen LogP contribution is -2.16. The van der Waals surface area contributed by atoms with E-state index < -0.39 is 16.6 Å². The molecule has 1 aromatic heterocycles. The van der Waals surface area contributed by atoms with E-state index in [1.807, 2.05) is 40.3 Å². The molecule has 0 amide bonds. The predicted molar refractivity (Wildman–Crippen MR) is 112 cm³/mol. The van der Waals surface area contributed by atoms with Crippen LogP contribution in [-0.2, 0) is 6.54 Å². The number of non-ortho nitro benzene ring substituents is 1. The third-order valence-electron chi connectivity index (χ3n) is 4.46. The molecule has 0 N–H and O–H groups in total. The van der Waals surface area contributed by atoms with Gasteiger partial charge in [-0.15, -0.1) is 11.3 Å². The van der Waals surface area contributed by atoms with Crippen LogP contribution in [-0.4, -0.2) is 9.49 Å². The minimum atomic E-state index is -0.758. The summed E-state index contributed by atoms with van der Waals surface area (Å²) in [7, 11) is 0. The van der Waals surface area contributed by atoms with Crippen LogP contribution in [0, 0.1) is 21.7 Å². The minimum Gasteiger partial charge on any atom is -0.312 e. The molecule has 4 rings (SSSR count). The van der Waals surface area contributed by atoms with E-state index in [1.165, 1.54) is 29.5 Å². The first kappa shape index (κ1) is 19.7. The summed E-state index contributed by atoms with van der Waals surface area (Å²) in [4.78, 5) is 15.6. The molecule has 8 heteroatoms. The van der Waals surface area contributed by atoms with Crippen molar-refractivity contribution in [3.05, 3.63) is 110 Å². The minimum absolute atomic E-state index is 0.0191. The summed E-state index contributed by atoms with van der Waals surface area (Å²) in [5.41, 5.74) is 2.36. The van der Waals surface area contributed by atoms with Crippen LogP contribution >= 0.6 is 11.3 Å². The third-order valence-corrected chi connectivity index (χ3v) is 5.32. The van der Waals surface area contributed by atoms with Crippen molar-refractivity contribution >= 4 is 22.7 Å². The fourth-order valence-corrected chi connectivity index (χ4v) is 3.94. The third kappa shape index (κ3) is 4.18. The second-order valence-electron chi connectivity index (χ2n) is 6.49. The Bertz CT molecular complexity index is 1280. The highest BCUT2D eigenvalue weighted by atomic mass is 32.1. The number of nitrogens with zero attached hydrogens (tertiary/aromatic N) is 3. The molecule has 0 saturated heterocycles. The highest BCUT2D eigenvalue weighted by molar-refractivity contribution is 7.07. The topological polar surface area (TPSA) is 60.4 Å². The van der Waals surface area contributed by atoms with E-state index in [0.29, 0.717) is 22.6 Å². The van der Waals surface area contributed by atoms with Crippen LogP contribution in [0.25, 0.3) is 11.3 Å². The molecule has 30 heavy (non-hydrogen) atoms. The number of benzene rings is 3. The van der Waals surface area contributed by atoms with Crippen molar-refractivity contribution in [1.29, 1.82) is 0 Å². The van der Waals surface area contributed by atoms with Gasteiger partial charge in [-0.25, -0.2) is 13.8 Å². The van der Waals surface area contributed by atoms with E-state index in [0.717, 1.165) is 17.7 Å². The molecule has 3 aromatic carbocycles. The van der Waals surface area contributed by atoms with Crippen LogP contribution in [0.4, 0.5) is 20.2 Å². The van der Waals surface area contributed by atoms with Gasteiger partial charge < -0.3 is 4.57 Å². The normalized spacial score (nSPS) is 11.6. The van der Waals surface area contributed by atoms with Crippen LogP contribution in [0.3, 0.4) is 0 Å². The number of halogens is 2. The monoisotopic (exact) mass is 423 g/mol. The van der Waals surface area contributed by atoms with Crippen molar-refractivity contribution < 1.29 is 13.7 Å². The lowest BCUT2D eigenvalue weighted by atomic mass is 10.1. The Kier molecular flexibility index (Phi) is 5.49. The first-order valence-corrected chi connectivity index (χ1v) is 9.86. The second kappa shape index (κ2) is 8.38. The predicted octanol–water partition coefficient (Wildman–Crippen LogP) is 5.68. The molecule has 5 nitrogen and oxygen atoms in total. The molecule has 0 atom stereocenters. The zero-order chi connectivity index (χ0) is 21.1. The van der Waals surface area contributed by atoms with E-state index in [9.17, 15) is 18.9 Å². The lowest BCUT2D eigenvalue weighted by molar-refractivity contribution is -0.384. The Balaban J connectivity index is 1.88. The molecule has 0 saturated carbocycles. The number of aromatic nitrogens is 1. The molecule has 0 unspecified atom stereocenters. The SMILES string of the molecule is O=[N+]([O-])c1cccc(-c2csc(=Nc3ccc(F)cc3F)n2Cc2ccccc2)c1. The van der Waals surface area contributed by atoms with Gasteiger partial charge >= 0.3 is 0 Å². The number of thiazole rings is 1. The molecule has 0 radical (unpaired) electrons. The van der Waals surface area contributed by atoms with Gasteiger partial charge in [-0.3, -0.25) is 10.1 Å². The summed E-state index contributed by atoms with van der Waals surface area (Å²) in [6.07, 6.45) is 0. The Morgan fingerprint density at radius 2 is 1.80 bits per heavy atom. The highest BCUT2D eigenvalue weighted by Gasteiger charge is 2.13. The van der Waals surface area contributed by atoms with Crippen LogP contribution < -0.4 is 4.80 Å². The van der Waals surface area contributed by atoms with E-state index in [-0.39, 0.29) is 11.4 Å². The number of rotatable bonds is 5. The van der Waals surface area contributed by atoms with E-state index in [1.54, 1.807) is 12.1 Å². The molecule has 0 aliphatic carbocycles. The first-order chi connectivity index (χ1) is 14.5. The van der Waals surface area contributed by atoms with Crippen molar-refractivity contribution in [3.8, 4) is 11.3 Å². The quantitative estimate of drug-likeness (QED) is 0.306. The summed E-state index contributed by atoms with van der Waals surface area (Å²) < 4.78 is 29.3. The van der Waals surface area contributed by atoms with Crippen LogP contribution in [0.15, 0.2) is 83.2 Å². The van der Waals surface area contributed by atoms with Gasteiger partial charge in [0.15, 0.2) is 10.6 Å². The average Bonchev–Trinajstić information content (AvgIpc) is 3.13. The fraction of sp³-hybridized carbons (Fsp3) is 0.0455. The Morgan fingerprint density at radius 1 is 1.00 bits per heavy atom. The van der Waals surface area contributed by atoms with Crippen molar-refractivity contribution in [2.45, 2.75) is 6.54 Å². The maximum atomic E-state index is 14.2. The van der Waals surface area contributed by atoms with Gasteiger partial charge in [0.2, 0.25) is 0 Å². The Morgan fingerprint density at radius 3 is 2.53 bits per heavy atom. The Labute approximate surface area is 174 Å². The van der Waals surface area contributed by atoms with Gasteiger partial charge in [-0.2, -0.15) is 0 Å². The van der Waals surface area contributed by atoms with Gasteiger partial charge in [0, 0.05) is 29.1 Å². The smallest absolute Gasteiger partial charge is 0.270 e. The molecular weight excluding hydrogens is 408 g/mol. The maximum absolute atomic E-state index is 14.2. The molecular formula is C22H15F2N3O2S. The van der Waals surface area contributed by atoms with E-state index in [4.69, 9.17) is 0 Å². The van der Waals surface area contributed by atoms with Crippen molar-refractivity contribution in [1.82, 2.24) is 4.57 Å². The average molecular weight is 423 g/mol. The summed E-state index contributed by atoms with van der Waals surface area (Å²) in [6, 6.07) is 19.2. The molecule has 4 aromatic rings. The van der Waals surface area contributed by atoms with Crippen LogP contribution in [0.2, 0.25) is 0 Å². The molecule has 0 aliphatic heterocycles. The zero-order valence-corrected chi connectivity index (χ0v) is 16.4. The first-order valence-electron chi connectivity index (χ1n) is 8.98. The number of hydrogen-bond donors (Lipinski definition) is 0. The molecule has 1 heterocycles. The molecule has 0 spiro atoms. The van der Waals surface area contributed by atoms with Crippen molar-refractivity contribution in [2.75, 3.05) is 0 Å². The molecule has 0 bridgehead atoms. The van der Waals surface area contributed by atoms with Gasteiger partial charge in [0.25, 0.3) is 5.69 Å². The maximum Gasteiger partial charge on any atom is 0.270 e. The number of nitro groups is 1. The zero-order valence-electron chi connectivity index (χ0n) is 15.5. The summed E-state index contributed by atoms with van der Waals surface area (Å²) in [5.74, 6) is -1.43. The Hall–Kier alpha value is -3.65. The molecule has 0 fully saturated rings. The van der Waals surface area contributed by atoms with E-state index >= 15 is 0 Å². The summed E-state index contributed by atoms with van der Waals surface area (Å²) >= 11 is 1.28. The lowest BCUT2D eigenvalue weighted by Gasteiger charge is -2.10. The van der Waals surface area contributed by atoms with E-state index in [2.05, 4.69) is 4.99 Å². The standard InChI is InChI=1S/C22H15F2N3O2S/c23-17-9-10-20(19(24)12-17)25-22-26(13-15-5-2-1-3-6-15)21(14-30-22)16-7-4-8-18(11-16)27(28)29/h1-12,14H,13H2. The summed E-state index contributed by atoms with van der Waals surface area (Å²) in [5, 5.41) is 13.0. The van der Waals surface area contributed by atoms with Gasteiger partial charge in [0.05, 0.1) is 17.2 Å².